The zero-order valence-corrected chi connectivity index (χ0v) is 8.47. The molecule has 0 aliphatic carbocycles. The molecule has 0 aromatic heterocycles. The fourth-order valence-electron chi connectivity index (χ4n) is 1.54. The van der Waals surface area contributed by atoms with Crippen LogP contribution in [-0.4, -0.2) is 6.67 Å². The number of benzene rings is 1. The average molecular weight is 190 g/mol. The maximum absolute atomic E-state index is 12.5. The van der Waals surface area contributed by atoms with Gasteiger partial charge in [-0.25, -0.2) is 0 Å². The monoisotopic (exact) mass is 190 g/mol. The molecule has 0 aliphatic rings. The number of hydrogen-bond donors (Lipinski definition) is 0. The van der Waals surface area contributed by atoms with Crippen molar-refractivity contribution in [1.29, 1.82) is 5.26 Å². The van der Waals surface area contributed by atoms with Crippen LogP contribution in [0.2, 0.25) is 0 Å². The van der Waals surface area contributed by atoms with Gasteiger partial charge in [0.2, 0.25) is 0 Å². The minimum absolute atomic E-state index is 0.456. The van der Waals surface area contributed by atoms with Crippen molar-refractivity contribution in [1.82, 2.24) is 0 Å². The van der Waals surface area contributed by atoms with Crippen molar-refractivity contribution in [2.45, 2.75) is 20.3 Å². The Hall–Kier alpha value is -1.36. The van der Waals surface area contributed by atoms with Crippen molar-refractivity contribution >= 4 is 0 Å². The van der Waals surface area contributed by atoms with Crippen molar-refractivity contribution in [2.75, 3.05) is 6.67 Å². The molecule has 0 amide bonds. The lowest BCUT2D eigenvalue weighted by molar-refractivity contribution is 0.515. The van der Waals surface area contributed by atoms with Gasteiger partial charge in [-0.2, -0.15) is 5.26 Å². The van der Waals surface area contributed by atoms with E-state index in [0.717, 1.165) is 17.5 Å². The van der Waals surface area contributed by atoms with Crippen LogP contribution in [0.1, 0.15) is 30.5 Å². The first-order valence-corrected chi connectivity index (χ1v) is 4.65. The highest BCUT2D eigenvalue weighted by Crippen LogP contribution is 2.22. The minimum Gasteiger partial charge on any atom is -0.250 e. The van der Waals surface area contributed by atoms with Crippen LogP contribution in [0, 0.1) is 17.2 Å². The van der Waals surface area contributed by atoms with E-state index in [9.17, 15) is 4.39 Å². The number of rotatable bonds is 3. The van der Waals surface area contributed by atoms with E-state index < -0.39 is 6.67 Å². The average Bonchev–Trinajstić information content (AvgIpc) is 2.26. The molecule has 0 bridgehead atoms. The van der Waals surface area contributed by atoms with Crippen molar-refractivity contribution in [2.24, 2.45) is 0 Å². The van der Waals surface area contributed by atoms with Gasteiger partial charge in [0.05, 0.1) is 18.3 Å². The molecule has 1 rings (SSSR count). The Morgan fingerprint density at radius 3 is 2.71 bits per heavy atom. The van der Waals surface area contributed by atoms with Crippen molar-refractivity contribution < 1.29 is 4.39 Å². The molecule has 0 atom stereocenters. The summed E-state index contributed by atoms with van der Waals surface area (Å²) in [5, 5.41) is 8.88. The normalized spacial score (nSPS) is 10.2. The van der Waals surface area contributed by atoms with E-state index in [-0.39, 0.29) is 0 Å². The van der Waals surface area contributed by atoms with E-state index in [4.69, 9.17) is 5.26 Å². The van der Waals surface area contributed by atoms with E-state index >= 15 is 0 Å². The molecule has 1 aromatic rings. The van der Waals surface area contributed by atoms with Crippen LogP contribution in [-0.2, 0) is 6.42 Å². The molecule has 14 heavy (non-hydrogen) atoms. The second-order valence-electron chi connectivity index (χ2n) is 3.21. The number of nitriles is 1. The van der Waals surface area contributed by atoms with Crippen molar-refractivity contribution in [3.05, 3.63) is 40.8 Å². The number of alkyl halides is 1. The molecule has 73 valence electrons. The van der Waals surface area contributed by atoms with Gasteiger partial charge in [-0.1, -0.05) is 26.0 Å². The predicted molar refractivity (Wildman–Crippen MR) is 54.5 cm³/mol. The first kappa shape index (κ1) is 10.7. The van der Waals surface area contributed by atoms with Crippen LogP contribution in [0.3, 0.4) is 0 Å². The van der Waals surface area contributed by atoms with Gasteiger partial charge in [-0.15, -0.1) is 0 Å². The molecule has 1 radical (unpaired) electrons. The standard InChI is InChI=1S/C12H13FN/c1-3-11-10(8-14)5-4-6-12(11)9(2)7-13/h4-6H,3,7H2,1-2H3. The Morgan fingerprint density at radius 1 is 1.50 bits per heavy atom. The first-order chi connectivity index (χ1) is 6.74. The molecule has 0 heterocycles. The fraction of sp³-hybridized carbons (Fsp3) is 0.333. The van der Waals surface area contributed by atoms with Crippen LogP contribution >= 0.6 is 0 Å². The van der Waals surface area contributed by atoms with Crippen LogP contribution in [0.25, 0.3) is 0 Å². The molecule has 1 aromatic carbocycles. The number of nitrogens with zero attached hydrogens (tertiary/aromatic N) is 1. The van der Waals surface area contributed by atoms with Gasteiger partial charge in [0, 0.05) is 5.92 Å². The highest BCUT2D eigenvalue weighted by Gasteiger charge is 2.12. The Morgan fingerprint density at radius 2 is 2.21 bits per heavy atom. The Labute approximate surface area is 84.2 Å². The van der Waals surface area contributed by atoms with E-state index in [1.165, 1.54) is 0 Å². The third-order valence-corrected chi connectivity index (χ3v) is 2.31. The molecule has 0 aliphatic heterocycles. The molecule has 0 N–H and O–H groups in total. The van der Waals surface area contributed by atoms with E-state index in [1.807, 2.05) is 13.0 Å². The van der Waals surface area contributed by atoms with Gasteiger partial charge in [0.15, 0.2) is 0 Å². The van der Waals surface area contributed by atoms with Crippen LogP contribution in [0.4, 0.5) is 4.39 Å². The van der Waals surface area contributed by atoms with E-state index in [1.54, 1.807) is 19.1 Å². The largest absolute Gasteiger partial charge is 0.250 e. The summed E-state index contributed by atoms with van der Waals surface area (Å²) in [4.78, 5) is 0. The lowest BCUT2D eigenvalue weighted by atomic mass is 9.92. The van der Waals surface area contributed by atoms with Gasteiger partial charge in [0.25, 0.3) is 0 Å². The topological polar surface area (TPSA) is 23.8 Å². The summed E-state index contributed by atoms with van der Waals surface area (Å²) < 4.78 is 12.5. The van der Waals surface area contributed by atoms with Gasteiger partial charge in [-0.05, 0) is 23.6 Å². The molecule has 0 saturated heterocycles. The Balaban J connectivity index is 3.23. The molecular weight excluding hydrogens is 177 g/mol. The van der Waals surface area contributed by atoms with Gasteiger partial charge in [0.1, 0.15) is 0 Å². The maximum atomic E-state index is 12.5. The van der Waals surface area contributed by atoms with E-state index in [2.05, 4.69) is 6.07 Å². The maximum Gasteiger partial charge on any atom is 0.0997 e. The Bertz CT molecular complexity index is 352. The first-order valence-electron chi connectivity index (χ1n) is 4.65. The fourth-order valence-corrected chi connectivity index (χ4v) is 1.54. The van der Waals surface area contributed by atoms with Crippen LogP contribution in [0.15, 0.2) is 18.2 Å². The summed E-state index contributed by atoms with van der Waals surface area (Å²) in [5.74, 6) is 0.693. The second-order valence-corrected chi connectivity index (χ2v) is 3.21. The third kappa shape index (κ3) is 1.93. The van der Waals surface area contributed by atoms with Crippen LogP contribution in [0.5, 0.6) is 0 Å². The number of hydrogen-bond acceptors (Lipinski definition) is 1. The summed E-state index contributed by atoms with van der Waals surface area (Å²) in [6.07, 6.45) is 0.760. The highest BCUT2D eigenvalue weighted by molar-refractivity contribution is 5.48. The van der Waals surface area contributed by atoms with Gasteiger partial charge < -0.3 is 0 Å². The lowest BCUT2D eigenvalue weighted by Crippen LogP contribution is -2.03. The zero-order chi connectivity index (χ0) is 10.6. The minimum atomic E-state index is -0.456. The number of halogens is 1. The summed E-state index contributed by atoms with van der Waals surface area (Å²) in [5.41, 5.74) is 2.48. The SMILES string of the molecule is CCc1c(C#N)cccc1[C](C)CF. The molecule has 0 fully saturated rings. The molecule has 2 heteroatoms. The summed E-state index contributed by atoms with van der Waals surface area (Å²) >= 11 is 0. The van der Waals surface area contributed by atoms with E-state index in [0.29, 0.717) is 11.5 Å². The second kappa shape index (κ2) is 4.76. The highest BCUT2D eigenvalue weighted by atomic mass is 19.1. The summed E-state index contributed by atoms with van der Waals surface area (Å²) in [7, 11) is 0. The molecule has 0 saturated carbocycles. The molecule has 0 unspecified atom stereocenters. The van der Waals surface area contributed by atoms with Gasteiger partial charge in [-0.3, -0.25) is 4.39 Å². The van der Waals surface area contributed by atoms with Crippen molar-refractivity contribution in [3.63, 3.8) is 0 Å². The lowest BCUT2D eigenvalue weighted by Gasteiger charge is -2.12. The predicted octanol–water partition coefficient (Wildman–Crippen LogP) is 3.03. The third-order valence-electron chi connectivity index (χ3n) is 2.31. The zero-order valence-electron chi connectivity index (χ0n) is 8.47. The van der Waals surface area contributed by atoms with Gasteiger partial charge >= 0.3 is 0 Å². The molecule has 0 spiro atoms. The quantitative estimate of drug-likeness (QED) is 0.718. The summed E-state index contributed by atoms with van der Waals surface area (Å²) in [6, 6.07) is 7.57. The van der Waals surface area contributed by atoms with Crippen LogP contribution < -0.4 is 0 Å². The molecule has 1 nitrogen and oxygen atoms in total. The molecular formula is C12H13FN. The summed E-state index contributed by atoms with van der Waals surface area (Å²) in [6.45, 7) is 3.28. The van der Waals surface area contributed by atoms with Crippen molar-refractivity contribution in [3.8, 4) is 6.07 Å². The smallest absolute Gasteiger partial charge is 0.0997 e. The Kier molecular flexibility index (Phi) is 3.64.